The van der Waals surface area contributed by atoms with Crippen molar-refractivity contribution >= 4 is 27.5 Å². The van der Waals surface area contributed by atoms with Crippen molar-refractivity contribution in [1.29, 1.82) is 0 Å². The van der Waals surface area contributed by atoms with Crippen molar-refractivity contribution < 1.29 is 4.74 Å². The molecule has 1 nitrogen and oxygen atoms in total. The molecule has 0 spiro atoms. The van der Waals surface area contributed by atoms with Gasteiger partial charge in [0.15, 0.2) is 0 Å². The van der Waals surface area contributed by atoms with E-state index in [1.807, 2.05) is 30.3 Å². The summed E-state index contributed by atoms with van der Waals surface area (Å²) in [6, 6.07) is 14.1. The van der Waals surface area contributed by atoms with Gasteiger partial charge in [-0.25, -0.2) is 0 Å². The maximum absolute atomic E-state index is 6.39. The zero-order chi connectivity index (χ0) is 13.7. The first-order valence-electron chi connectivity index (χ1n) is 5.96. The van der Waals surface area contributed by atoms with Gasteiger partial charge in [-0.1, -0.05) is 70.5 Å². The summed E-state index contributed by atoms with van der Waals surface area (Å²) in [5, 5.41) is 0.661. The highest BCUT2D eigenvalue weighted by atomic mass is 79.9. The summed E-state index contributed by atoms with van der Waals surface area (Å²) < 4.78 is 6.53. The molecule has 0 saturated heterocycles. The molecule has 0 aliphatic rings. The highest BCUT2D eigenvalue weighted by molar-refractivity contribution is 9.10. The lowest BCUT2D eigenvalue weighted by Crippen LogP contribution is -1.97. The summed E-state index contributed by atoms with van der Waals surface area (Å²) in [4.78, 5) is 0. The molecule has 0 bridgehead atoms. The highest BCUT2D eigenvalue weighted by Crippen LogP contribution is 2.33. The standard InChI is InChI=1S/C16H14BrClO/c1-2-8-19-15-11-14(17)10-13(16(15)18)9-12-6-4-3-5-7-12/h2-7,10-11H,1,8-9H2. The van der Waals surface area contributed by atoms with Gasteiger partial charge >= 0.3 is 0 Å². The number of ether oxygens (including phenoxy) is 1. The summed E-state index contributed by atoms with van der Waals surface area (Å²) >= 11 is 9.87. The molecule has 0 N–H and O–H groups in total. The molecule has 0 aliphatic carbocycles. The van der Waals surface area contributed by atoms with Gasteiger partial charge in [-0.05, 0) is 29.7 Å². The third-order valence-corrected chi connectivity index (χ3v) is 3.56. The average molecular weight is 338 g/mol. The summed E-state index contributed by atoms with van der Waals surface area (Å²) in [7, 11) is 0. The Kier molecular flexibility index (Phi) is 5.06. The summed E-state index contributed by atoms with van der Waals surface area (Å²) in [6.07, 6.45) is 2.48. The van der Waals surface area contributed by atoms with Gasteiger partial charge in [0.2, 0.25) is 0 Å². The normalized spacial score (nSPS) is 10.2. The van der Waals surface area contributed by atoms with Crippen LogP contribution in [0.2, 0.25) is 5.02 Å². The third-order valence-electron chi connectivity index (χ3n) is 2.67. The minimum absolute atomic E-state index is 0.445. The Bertz CT molecular complexity index is 566. The molecule has 0 aromatic heterocycles. The molecule has 0 heterocycles. The Balaban J connectivity index is 2.29. The first-order chi connectivity index (χ1) is 9.20. The van der Waals surface area contributed by atoms with Crippen LogP contribution in [-0.4, -0.2) is 6.61 Å². The van der Waals surface area contributed by atoms with E-state index in [9.17, 15) is 0 Å². The van der Waals surface area contributed by atoms with E-state index in [0.717, 1.165) is 16.5 Å². The van der Waals surface area contributed by atoms with Gasteiger partial charge in [-0.2, -0.15) is 0 Å². The maximum atomic E-state index is 6.39. The second-order valence-electron chi connectivity index (χ2n) is 4.14. The topological polar surface area (TPSA) is 9.23 Å². The minimum atomic E-state index is 0.445. The van der Waals surface area contributed by atoms with E-state index in [1.165, 1.54) is 5.56 Å². The predicted molar refractivity (Wildman–Crippen MR) is 84.1 cm³/mol. The number of hydrogen-bond donors (Lipinski definition) is 0. The van der Waals surface area contributed by atoms with E-state index >= 15 is 0 Å². The van der Waals surface area contributed by atoms with Crippen molar-refractivity contribution in [3.8, 4) is 5.75 Å². The van der Waals surface area contributed by atoms with Gasteiger partial charge in [0.05, 0.1) is 5.02 Å². The van der Waals surface area contributed by atoms with Crippen molar-refractivity contribution in [2.24, 2.45) is 0 Å². The minimum Gasteiger partial charge on any atom is -0.488 e. The molecule has 0 unspecified atom stereocenters. The molecular weight excluding hydrogens is 324 g/mol. The van der Waals surface area contributed by atoms with Crippen LogP contribution < -0.4 is 4.74 Å². The second-order valence-corrected chi connectivity index (χ2v) is 5.43. The Labute approximate surface area is 127 Å². The van der Waals surface area contributed by atoms with Crippen molar-refractivity contribution in [2.45, 2.75) is 6.42 Å². The Morgan fingerprint density at radius 2 is 1.95 bits per heavy atom. The van der Waals surface area contributed by atoms with Crippen LogP contribution in [0.1, 0.15) is 11.1 Å². The van der Waals surface area contributed by atoms with E-state index < -0.39 is 0 Å². The van der Waals surface area contributed by atoms with Crippen LogP contribution >= 0.6 is 27.5 Å². The van der Waals surface area contributed by atoms with Gasteiger partial charge in [0, 0.05) is 4.47 Å². The molecule has 0 aliphatic heterocycles. The number of rotatable bonds is 5. The fraction of sp³-hybridized carbons (Fsp3) is 0.125. The first-order valence-corrected chi connectivity index (χ1v) is 7.13. The first kappa shape index (κ1) is 14.2. The van der Waals surface area contributed by atoms with Crippen LogP contribution in [-0.2, 0) is 6.42 Å². The van der Waals surface area contributed by atoms with Crippen molar-refractivity contribution in [1.82, 2.24) is 0 Å². The Morgan fingerprint density at radius 3 is 2.63 bits per heavy atom. The molecule has 0 saturated carbocycles. The molecule has 0 fully saturated rings. The van der Waals surface area contributed by atoms with Gasteiger partial charge in [0.25, 0.3) is 0 Å². The van der Waals surface area contributed by atoms with Crippen LogP contribution in [0.4, 0.5) is 0 Å². The Morgan fingerprint density at radius 1 is 1.21 bits per heavy atom. The molecule has 0 atom stereocenters. The van der Waals surface area contributed by atoms with Crippen molar-refractivity contribution in [2.75, 3.05) is 6.61 Å². The van der Waals surface area contributed by atoms with E-state index in [-0.39, 0.29) is 0 Å². The van der Waals surface area contributed by atoms with Crippen molar-refractivity contribution in [3.05, 3.63) is 75.7 Å². The molecular formula is C16H14BrClO. The zero-order valence-electron chi connectivity index (χ0n) is 10.4. The summed E-state index contributed by atoms with van der Waals surface area (Å²) in [5.41, 5.74) is 2.26. The lowest BCUT2D eigenvalue weighted by molar-refractivity contribution is 0.363. The van der Waals surface area contributed by atoms with Crippen molar-refractivity contribution in [3.63, 3.8) is 0 Å². The van der Waals surface area contributed by atoms with Gasteiger partial charge in [-0.3, -0.25) is 0 Å². The SMILES string of the molecule is C=CCOc1cc(Br)cc(Cc2ccccc2)c1Cl. The monoisotopic (exact) mass is 336 g/mol. The van der Waals surface area contributed by atoms with Crippen LogP contribution in [0.5, 0.6) is 5.75 Å². The molecule has 98 valence electrons. The number of halogens is 2. The van der Waals surface area contributed by atoms with E-state index in [0.29, 0.717) is 17.4 Å². The third kappa shape index (κ3) is 3.85. The summed E-state index contributed by atoms with van der Waals surface area (Å²) in [6.45, 7) is 4.08. The Hall–Kier alpha value is -1.25. The summed E-state index contributed by atoms with van der Waals surface area (Å²) in [5.74, 6) is 0.682. The molecule has 2 rings (SSSR count). The highest BCUT2D eigenvalue weighted by Gasteiger charge is 2.10. The van der Waals surface area contributed by atoms with E-state index in [1.54, 1.807) is 6.08 Å². The predicted octanol–water partition coefficient (Wildman–Crippen LogP) is 5.26. The van der Waals surface area contributed by atoms with Crippen LogP contribution in [0, 0.1) is 0 Å². The molecule has 0 amide bonds. The average Bonchev–Trinajstić information content (AvgIpc) is 2.42. The molecule has 0 radical (unpaired) electrons. The quantitative estimate of drug-likeness (QED) is 0.676. The lowest BCUT2D eigenvalue weighted by atomic mass is 10.0. The van der Waals surface area contributed by atoms with Crippen LogP contribution in [0.15, 0.2) is 59.6 Å². The van der Waals surface area contributed by atoms with Gasteiger partial charge in [0.1, 0.15) is 12.4 Å². The fourth-order valence-corrected chi connectivity index (χ4v) is 2.53. The van der Waals surface area contributed by atoms with Crippen LogP contribution in [0.25, 0.3) is 0 Å². The van der Waals surface area contributed by atoms with E-state index in [2.05, 4.69) is 34.6 Å². The zero-order valence-corrected chi connectivity index (χ0v) is 12.7. The molecule has 3 heteroatoms. The van der Waals surface area contributed by atoms with E-state index in [4.69, 9.17) is 16.3 Å². The van der Waals surface area contributed by atoms with Gasteiger partial charge in [-0.15, -0.1) is 0 Å². The molecule has 19 heavy (non-hydrogen) atoms. The van der Waals surface area contributed by atoms with Gasteiger partial charge < -0.3 is 4.74 Å². The number of hydrogen-bond acceptors (Lipinski definition) is 1. The number of benzene rings is 2. The second kappa shape index (κ2) is 6.78. The smallest absolute Gasteiger partial charge is 0.139 e. The fourth-order valence-electron chi connectivity index (χ4n) is 1.82. The maximum Gasteiger partial charge on any atom is 0.139 e. The largest absolute Gasteiger partial charge is 0.488 e. The molecule has 2 aromatic carbocycles. The van der Waals surface area contributed by atoms with Crippen LogP contribution in [0.3, 0.4) is 0 Å². The molecule has 2 aromatic rings. The lowest BCUT2D eigenvalue weighted by Gasteiger charge is -2.11.